The van der Waals surface area contributed by atoms with E-state index in [1.807, 2.05) is 27.7 Å². The van der Waals surface area contributed by atoms with E-state index in [0.29, 0.717) is 32.2 Å². The van der Waals surface area contributed by atoms with E-state index in [0.717, 1.165) is 24.3 Å². The Balaban J connectivity index is 0.00000729. The zero-order valence-electron chi connectivity index (χ0n) is 18.1. The van der Waals surface area contributed by atoms with E-state index >= 15 is 0 Å². The molecule has 0 aromatic heterocycles. The van der Waals surface area contributed by atoms with Gasteiger partial charge in [0.1, 0.15) is 5.75 Å². The molecule has 1 rings (SSSR count). The third-order valence-electron chi connectivity index (χ3n) is 4.09. The van der Waals surface area contributed by atoms with Crippen LogP contribution in [0.3, 0.4) is 0 Å². The van der Waals surface area contributed by atoms with Crippen LogP contribution in [0.4, 0.5) is 0 Å². The van der Waals surface area contributed by atoms with Gasteiger partial charge in [-0.3, -0.25) is 4.79 Å². The van der Waals surface area contributed by atoms with Crippen LogP contribution in [0.25, 0.3) is 0 Å². The van der Waals surface area contributed by atoms with Crippen molar-refractivity contribution >= 4 is 35.8 Å². The van der Waals surface area contributed by atoms with Crippen LogP contribution >= 0.6 is 24.0 Å². The summed E-state index contributed by atoms with van der Waals surface area (Å²) in [5, 5.41) is 9.39. The molecule has 0 unspecified atom stereocenters. The lowest BCUT2D eigenvalue weighted by molar-refractivity contribution is -0.128. The van der Waals surface area contributed by atoms with Gasteiger partial charge in [0.25, 0.3) is 0 Å². The lowest BCUT2D eigenvalue weighted by atomic mass is 9.92. The van der Waals surface area contributed by atoms with Gasteiger partial charge >= 0.3 is 0 Å². The van der Waals surface area contributed by atoms with Crippen molar-refractivity contribution in [1.82, 2.24) is 16.0 Å². The first-order valence-corrected chi connectivity index (χ1v) is 9.86. The molecule has 6 nitrogen and oxygen atoms in total. The number of nitrogens with one attached hydrogen (secondary N) is 3. The van der Waals surface area contributed by atoms with Crippen molar-refractivity contribution in [2.75, 3.05) is 26.2 Å². The molecule has 0 saturated carbocycles. The van der Waals surface area contributed by atoms with Crippen LogP contribution in [0.15, 0.2) is 23.2 Å². The lowest BCUT2D eigenvalue weighted by Gasteiger charge is -2.25. The molecule has 0 saturated heterocycles. The number of nitrogens with zero attached hydrogens (tertiary/aromatic N) is 1. The summed E-state index contributed by atoms with van der Waals surface area (Å²) in [6, 6.07) is 6.19. The SMILES string of the molecule is CCCOc1cc(C)ccc1CN=C(NCC)NCC(C)(C)C(=O)NCC.I. The van der Waals surface area contributed by atoms with Crippen LogP contribution in [0.5, 0.6) is 5.75 Å². The van der Waals surface area contributed by atoms with Gasteiger partial charge in [0.2, 0.25) is 5.91 Å². The maximum absolute atomic E-state index is 12.2. The minimum Gasteiger partial charge on any atom is -0.493 e. The molecule has 28 heavy (non-hydrogen) atoms. The highest BCUT2D eigenvalue weighted by molar-refractivity contribution is 14.0. The van der Waals surface area contributed by atoms with E-state index in [-0.39, 0.29) is 29.9 Å². The van der Waals surface area contributed by atoms with Gasteiger partial charge in [0.05, 0.1) is 18.6 Å². The molecule has 0 atom stereocenters. The van der Waals surface area contributed by atoms with Crippen LogP contribution < -0.4 is 20.7 Å². The van der Waals surface area contributed by atoms with Crippen molar-refractivity contribution in [3.8, 4) is 5.75 Å². The van der Waals surface area contributed by atoms with Gasteiger partial charge in [-0.15, -0.1) is 24.0 Å². The van der Waals surface area contributed by atoms with Gasteiger partial charge < -0.3 is 20.7 Å². The number of amides is 1. The Hall–Kier alpha value is -1.51. The fourth-order valence-corrected chi connectivity index (χ4v) is 2.43. The molecule has 0 aliphatic carbocycles. The van der Waals surface area contributed by atoms with Crippen molar-refractivity contribution in [2.24, 2.45) is 10.4 Å². The average molecular weight is 504 g/mol. The van der Waals surface area contributed by atoms with Crippen molar-refractivity contribution in [1.29, 1.82) is 0 Å². The predicted molar refractivity (Wildman–Crippen MR) is 128 cm³/mol. The molecular formula is C21H37IN4O2. The van der Waals surface area contributed by atoms with Gasteiger partial charge in [-0.05, 0) is 52.7 Å². The lowest BCUT2D eigenvalue weighted by Crippen LogP contribution is -2.47. The second-order valence-electron chi connectivity index (χ2n) is 7.25. The smallest absolute Gasteiger partial charge is 0.227 e. The van der Waals surface area contributed by atoms with Crippen LogP contribution in [0.1, 0.15) is 52.2 Å². The van der Waals surface area contributed by atoms with Crippen LogP contribution in [-0.4, -0.2) is 38.1 Å². The van der Waals surface area contributed by atoms with Crippen LogP contribution in [0.2, 0.25) is 0 Å². The average Bonchev–Trinajstić information content (AvgIpc) is 2.63. The molecule has 3 N–H and O–H groups in total. The summed E-state index contributed by atoms with van der Waals surface area (Å²) in [6.45, 7) is 15.0. The normalized spacial score (nSPS) is 11.4. The van der Waals surface area contributed by atoms with E-state index in [2.05, 4.69) is 53.0 Å². The number of aliphatic imine (C=N–C) groups is 1. The van der Waals surface area contributed by atoms with Crippen molar-refractivity contribution in [3.63, 3.8) is 0 Å². The van der Waals surface area contributed by atoms with Crippen LogP contribution in [-0.2, 0) is 11.3 Å². The molecule has 0 bridgehead atoms. The molecule has 1 aromatic rings. The minimum atomic E-state index is -0.522. The van der Waals surface area contributed by atoms with E-state index in [9.17, 15) is 4.79 Å². The van der Waals surface area contributed by atoms with Gasteiger partial charge in [0, 0.05) is 25.2 Å². The highest BCUT2D eigenvalue weighted by Gasteiger charge is 2.27. The largest absolute Gasteiger partial charge is 0.493 e. The summed E-state index contributed by atoms with van der Waals surface area (Å²) in [5.41, 5.74) is 1.70. The molecule has 1 aromatic carbocycles. The fraction of sp³-hybridized carbons (Fsp3) is 0.619. The summed E-state index contributed by atoms with van der Waals surface area (Å²) in [7, 11) is 0. The Kier molecular flexibility index (Phi) is 12.9. The first kappa shape index (κ1) is 26.5. The Morgan fingerprint density at radius 3 is 2.39 bits per heavy atom. The number of hydrogen-bond donors (Lipinski definition) is 3. The predicted octanol–water partition coefficient (Wildman–Crippen LogP) is 3.62. The number of carbonyl (C=O) groups excluding carboxylic acids is 1. The molecule has 0 aliphatic rings. The van der Waals surface area contributed by atoms with E-state index < -0.39 is 5.41 Å². The minimum absolute atomic E-state index is 0. The van der Waals surface area contributed by atoms with Crippen molar-refractivity contribution in [3.05, 3.63) is 29.3 Å². The molecule has 0 heterocycles. The first-order valence-electron chi connectivity index (χ1n) is 9.86. The maximum Gasteiger partial charge on any atom is 0.227 e. The third kappa shape index (κ3) is 9.12. The summed E-state index contributed by atoms with van der Waals surface area (Å²) >= 11 is 0. The molecule has 1 amide bonds. The van der Waals surface area contributed by atoms with Gasteiger partial charge in [-0.1, -0.05) is 19.1 Å². The van der Waals surface area contributed by atoms with Crippen LogP contribution in [0, 0.1) is 12.3 Å². The topological polar surface area (TPSA) is 74.8 Å². The molecular weight excluding hydrogens is 467 g/mol. The first-order chi connectivity index (χ1) is 12.8. The zero-order chi connectivity index (χ0) is 20.3. The number of halogens is 1. The molecule has 0 radical (unpaired) electrons. The molecule has 160 valence electrons. The molecule has 0 aliphatic heterocycles. The van der Waals surface area contributed by atoms with E-state index in [4.69, 9.17) is 4.74 Å². The summed E-state index contributed by atoms with van der Waals surface area (Å²) in [5.74, 6) is 1.61. The molecule has 7 heteroatoms. The molecule has 0 fully saturated rings. The van der Waals surface area contributed by atoms with Crippen molar-refractivity contribution in [2.45, 2.75) is 54.5 Å². The number of benzene rings is 1. The van der Waals surface area contributed by atoms with Crippen molar-refractivity contribution < 1.29 is 9.53 Å². The number of carbonyl (C=O) groups is 1. The summed E-state index contributed by atoms with van der Waals surface area (Å²) in [4.78, 5) is 16.8. The maximum atomic E-state index is 12.2. The number of ether oxygens (including phenoxy) is 1. The van der Waals surface area contributed by atoms with Gasteiger partial charge in [0.15, 0.2) is 5.96 Å². The zero-order valence-corrected chi connectivity index (χ0v) is 20.5. The highest BCUT2D eigenvalue weighted by atomic mass is 127. The molecule has 0 spiro atoms. The third-order valence-corrected chi connectivity index (χ3v) is 4.09. The van der Waals surface area contributed by atoms with E-state index in [1.165, 1.54) is 5.56 Å². The Bertz CT molecular complexity index is 633. The highest BCUT2D eigenvalue weighted by Crippen LogP contribution is 2.21. The quantitative estimate of drug-likeness (QED) is 0.259. The standard InChI is InChI=1S/C21H36N4O2.HI/c1-7-12-27-18-13-16(4)10-11-17(18)14-24-20(23-9-3)25-15-21(5,6)19(26)22-8-2;/h10-11,13H,7-9,12,14-15H2,1-6H3,(H,22,26)(H2,23,24,25);1H. The summed E-state index contributed by atoms with van der Waals surface area (Å²) < 4.78 is 5.87. The van der Waals surface area contributed by atoms with Gasteiger partial charge in [-0.2, -0.15) is 0 Å². The number of hydrogen-bond acceptors (Lipinski definition) is 3. The second kappa shape index (κ2) is 13.6. The fourth-order valence-electron chi connectivity index (χ4n) is 2.43. The number of aryl methyl sites for hydroxylation is 1. The monoisotopic (exact) mass is 504 g/mol. The summed E-state index contributed by atoms with van der Waals surface area (Å²) in [6.07, 6.45) is 0.968. The second-order valence-corrected chi connectivity index (χ2v) is 7.25. The number of rotatable bonds is 10. The van der Waals surface area contributed by atoms with Gasteiger partial charge in [-0.25, -0.2) is 4.99 Å². The Labute approximate surface area is 187 Å². The Morgan fingerprint density at radius 2 is 1.79 bits per heavy atom. The Morgan fingerprint density at radius 1 is 1.11 bits per heavy atom. The number of guanidine groups is 1. The van der Waals surface area contributed by atoms with E-state index in [1.54, 1.807) is 0 Å².